The van der Waals surface area contributed by atoms with Gasteiger partial charge < -0.3 is 19.5 Å². The van der Waals surface area contributed by atoms with Crippen LogP contribution in [0.5, 0.6) is 0 Å². The molecule has 1 heterocycles. The van der Waals surface area contributed by atoms with Crippen molar-refractivity contribution in [1.29, 1.82) is 0 Å². The number of aromatic nitrogens is 2. The van der Waals surface area contributed by atoms with Crippen molar-refractivity contribution in [2.75, 3.05) is 6.61 Å². The van der Waals surface area contributed by atoms with Gasteiger partial charge in [0, 0.05) is 19.5 Å². The smallest absolute Gasteiger partial charge is 0.420 e. The molecule has 0 fully saturated rings. The number of hydrogen-bond acceptors (Lipinski definition) is 7. The number of hydrogen-bond donors (Lipinski definition) is 1. The minimum atomic E-state index is -0.672. The number of imidazole rings is 1. The fourth-order valence-electron chi connectivity index (χ4n) is 2.05. The van der Waals surface area contributed by atoms with Crippen molar-refractivity contribution in [1.82, 2.24) is 14.9 Å². The number of amides is 1. The summed E-state index contributed by atoms with van der Waals surface area (Å²) in [6.45, 7) is 11.7. The van der Waals surface area contributed by atoms with Gasteiger partial charge in [0.05, 0.1) is 11.7 Å². The zero-order valence-electron chi connectivity index (χ0n) is 17.0. The van der Waals surface area contributed by atoms with E-state index < -0.39 is 35.4 Å². The Morgan fingerprint density at radius 3 is 2.22 bits per heavy atom. The highest BCUT2D eigenvalue weighted by molar-refractivity contribution is 5.72. The monoisotopic (exact) mass is 383 g/mol. The third kappa shape index (κ3) is 9.07. The third-order valence-electron chi connectivity index (χ3n) is 2.97. The first-order valence-corrected chi connectivity index (χ1v) is 8.64. The average molecular weight is 383 g/mol. The number of nitrogens with zero attached hydrogens (tertiary/aromatic N) is 2. The van der Waals surface area contributed by atoms with Crippen LogP contribution in [0, 0.1) is 0 Å². The van der Waals surface area contributed by atoms with E-state index in [1.165, 1.54) is 24.0 Å². The molecule has 27 heavy (non-hydrogen) atoms. The Kier molecular flexibility index (Phi) is 7.38. The number of carbonyl (C=O) groups excluding carboxylic acids is 3. The van der Waals surface area contributed by atoms with E-state index in [0.29, 0.717) is 5.69 Å². The molecule has 0 aliphatic heterocycles. The maximum absolute atomic E-state index is 12.3. The zero-order valence-corrected chi connectivity index (χ0v) is 17.0. The largest absolute Gasteiger partial charge is 0.464 e. The van der Waals surface area contributed by atoms with Gasteiger partial charge in [-0.1, -0.05) is 0 Å². The second-order valence-corrected chi connectivity index (χ2v) is 8.09. The van der Waals surface area contributed by atoms with Gasteiger partial charge in [-0.05, 0) is 41.5 Å². The first kappa shape index (κ1) is 22.5. The van der Waals surface area contributed by atoms with Crippen LogP contribution in [0.15, 0.2) is 12.5 Å². The molecule has 0 bridgehead atoms. The molecule has 9 nitrogen and oxygen atoms in total. The Hall–Kier alpha value is -2.58. The third-order valence-corrected chi connectivity index (χ3v) is 2.97. The summed E-state index contributed by atoms with van der Waals surface area (Å²) in [4.78, 5) is 39.5. The molecule has 1 N–H and O–H groups in total. The number of nitrogens with one attached hydrogen (secondary N) is 1. The zero-order chi connectivity index (χ0) is 20.8. The van der Waals surface area contributed by atoms with Crippen LogP contribution in [-0.2, 0) is 25.4 Å². The molecule has 1 atom stereocenters. The summed E-state index contributed by atoms with van der Waals surface area (Å²) < 4.78 is 16.8. The number of esters is 1. The minimum absolute atomic E-state index is 0.0753. The van der Waals surface area contributed by atoms with Gasteiger partial charge in [-0.25, -0.2) is 19.1 Å². The molecule has 0 aliphatic carbocycles. The highest BCUT2D eigenvalue weighted by atomic mass is 16.6. The van der Waals surface area contributed by atoms with Crippen LogP contribution < -0.4 is 5.32 Å². The van der Waals surface area contributed by atoms with Crippen LogP contribution >= 0.6 is 0 Å². The molecule has 1 rings (SSSR count). The van der Waals surface area contributed by atoms with Gasteiger partial charge in [-0.15, -0.1) is 0 Å². The van der Waals surface area contributed by atoms with E-state index in [1.807, 2.05) is 0 Å². The molecule has 1 amide bonds. The predicted octanol–water partition coefficient (Wildman–Crippen LogP) is 2.67. The fraction of sp³-hybridized carbons (Fsp3) is 0.667. The molecular formula is C18H29N3O6. The fourth-order valence-corrected chi connectivity index (χ4v) is 2.05. The van der Waals surface area contributed by atoms with Gasteiger partial charge in [0.1, 0.15) is 24.1 Å². The van der Waals surface area contributed by atoms with Crippen LogP contribution in [0.3, 0.4) is 0 Å². The first-order valence-electron chi connectivity index (χ1n) is 8.64. The van der Waals surface area contributed by atoms with Crippen LogP contribution in [0.1, 0.15) is 54.2 Å². The second-order valence-electron chi connectivity index (χ2n) is 8.09. The number of rotatable bonds is 5. The van der Waals surface area contributed by atoms with Gasteiger partial charge in [-0.3, -0.25) is 4.79 Å². The Morgan fingerprint density at radius 2 is 1.70 bits per heavy atom. The molecule has 0 saturated heterocycles. The molecule has 0 saturated carbocycles. The summed E-state index contributed by atoms with van der Waals surface area (Å²) >= 11 is 0. The van der Waals surface area contributed by atoms with E-state index in [9.17, 15) is 14.4 Å². The molecule has 9 heteroatoms. The van der Waals surface area contributed by atoms with Crippen LogP contribution in [0.4, 0.5) is 9.59 Å². The highest BCUT2D eigenvalue weighted by Gasteiger charge is 2.24. The molecule has 0 spiro atoms. The SMILES string of the molecule is CC(=O)OC[C@H](Cc1cncn1C(=O)OC(C)(C)C)NC(=O)OC(C)(C)C. The van der Waals surface area contributed by atoms with Crippen molar-refractivity contribution in [2.45, 2.75) is 72.1 Å². The van der Waals surface area contributed by atoms with E-state index in [1.54, 1.807) is 41.5 Å². The van der Waals surface area contributed by atoms with Gasteiger partial charge in [-0.2, -0.15) is 0 Å². The van der Waals surface area contributed by atoms with Crippen LogP contribution in [0.25, 0.3) is 0 Å². The van der Waals surface area contributed by atoms with Crippen LogP contribution in [0.2, 0.25) is 0 Å². The maximum Gasteiger partial charge on any atom is 0.420 e. The lowest BCUT2D eigenvalue weighted by Crippen LogP contribution is -2.43. The Morgan fingerprint density at radius 1 is 1.11 bits per heavy atom. The first-order chi connectivity index (χ1) is 12.3. The minimum Gasteiger partial charge on any atom is -0.464 e. The van der Waals surface area contributed by atoms with Crippen molar-refractivity contribution in [3.8, 4) is 0 Å². The highest BCUT2D eigenvalue weighted by Crippen LogP contribution is 2.12. The Bertz CT molecular complexity index is 669. The molecule has 1 aromatic rings. The van der Waals surface area contributed by atoms with Crippen molar-refractivity contribution in [3.05, 3.63) is 18.2 Å². The quantitative estimate of drug-likeness (QED) is 0.615. The van der Waals surface area contributed by atoms with Gasteiger partial charge in [0.15, 0.2) is 0 Å². The summed E-state index contributed by atoms with van der Waals surface area (Å²) in [7, 11) is 0. The summed E-state index contributed by atoms with van der Waals surface area (Å²) in [5, 5.41) is 2.65. The molecule has 0 aliphatic rings. The van der Waals surface area contributed by atoms with E-state index in [-0.39, 0.29) is 13.0 Å². The number of ether oxygens (including phenoxy) is 3. The normalized spacial score (nSPS) is 12.9. The van der Waals surface area contributed by atoms with Crippen molar-refractivity contribution < 1.29 is 28.6 Å². The van der Waals surface area contributed by atoms with E-state index in [0.717, 1.165) is 0 Å². The summed E-state index contributed by atoms with van der Waals surface area (Å²) in [5.41, 5.74) is -0.837. The molecule has 0 unspecified atom stereocenters. The topological polar surface area (TPSA) is 109 Å². The van der Waals surface area contributed by atoms with E-state index in [4.69, 9.17) is 14.2 Å². The molecule has 0 aromatic carbocycles. The second kappa shape index (κ2) is 8.88. The lowest BCUT2D eigenvalue weighted by molar-refractivity contribution is -0.141. The summed E-state index contributed by atoms with van der Waals surface area (Å²) in [6.07, 6.45) is 1.77. The molecular weight excluding hydrogens is 354 g/mol. The van der Waals surface area contributed by atoms with E-state index in [2.05, 4.69) is 10.3 Å². The predicted molar refractivity (Wildman–Crippen MR) is 97.4 cm³/mol. The van der Waals surface area contributed by atoms with Gasteiger partial charge in [0.25, 0.3) is 0 Å². The van der Waals surface area contributed by atoms with Gasteiger partial charge >= 0.3 is 18.2 Å². The molecule has 152 valence electrons. The van der Waals surface area contributed by atoms with Crippen molar-refractivity contribution >= 4 is 18.2 Å². The number of carbonyl (C=O) groups is 3. The Labute approximate surface area is 159 Å². The lowest BCUT2D eigenvalue weighted by atomic mass is 10.1. The standard InChI is InChI=1S/C18H29N3O6/c1-12(22)25-10-13(20-15(23)26-17(2,3)4)8-14-9-19-11-21(14)16(24)27-18(5,6)7/h9,11,13H,8,10H2,1-7H3,(H,20,23)/t13-/m0/s1. The number of alkyl carbamates (subject to hydrolysis) is 1. The van der Waals surface area contributed by atoms with Crippen LogP contribution in [-0.4, -0.2) is 51.6 Å². The summed E-state index contributed by atoms with van der Waals surface area (Å²) in [6, 6.07) is -0.610. The van der Waals surface area contributed by atoms with Crippen molar-refractivity contribution in [2.24, 2.45) is 0 Å². The van der Waals surface area contributed by atoms with E-state index >= 15 is 0 Å². The maximum atomic E-state index is 12.3. The Balaban J connectivity index is 2.89. The average Bonchev–Trinajstić information content (AvgIpc) is 2.89. The molecule has 0 radical (unpaired) electrons. The molecule has 1 aromatic heterocycles. The summed E-state index contributed by atoms with van der Waals surface area (Å²) in [5.74, 6) is -0.480. The van der Waals surface area contributed by atoms with Gasteiger partial charge in [0.2, 0.25) is 0 Å². The van der Waals surface area contributed by atoms with Crippen molar-refractivity contribution in [3.63, 3.8) is 0 Å². The lowest BCUT2D eigenvalue weighted by Gasteiger charge is -2.24.